The van der Waals surface area contributed by atoms with Crippen molar-refractivity contribution in [3.8, 4) is 11.5 Å². The highest BCUT2D eigenvalue weighted by Gasteiger charge is 2.21. The van der Waals surface area contributed by atoms with Crippen molar-refractivity contribution in [1.82, 2.24) is 18.7 Å². The fourth-order valence-electron chi connectivity index (χ4n) is 3.66. The van der Waals surface area contributed by atoms with E-state index in [1.807, 2.05) is 49.4 Å². The minimum Gasteiger partial charge on any atom is -0.494 e. The zero-order chi connectivity index (χ0) is 25.7. The highest BCUT2D eigenvalue weighted by atomic mass is 16.5. The molecular weight excluding hydrogens is 464 g/mol. The second kappa shape index (κ2) is 10.9. The van der Waals surface area contributed by atoms with Crippen LogP contribution in [0.2, 0.25) is 0 Å². The van der Waals surface area contributed by atoms with Crippen LogP contribution in [0.4, 0.5) is 5.95 Å². The van der Waals surface area contributed by atoms with Gasteiger partial charge in [0.2, 0.25) is 5.95 Å². The topological polar surface area (TPSA) is 125 Å². The van der Waals surface area contributed by atoms with Crippen molar-refractivity contribution in [2.75, 3.05) is 18.6 Å². The van der Waals surface area contributed by atoms with E-state index < -0.39 is 17.4 Å². The summed E-state index contributed by atoms with van der Waals surface area (Å²) >= 11 is 0. The van der Waals surface area contributed by atoms with E-state index in [1.54, 1.807) is 18.3 Å². The molecule has 1 unspecified atom stereocenters. The second-order valence-corrected chi connectivity index (χ2v) is 8.07. The number of anilines is 1. The summed E-state index contributed by atoms with van der Waals surface area (Å²) in [7, 11) is 2.93. The Morgan fingerprint density at radius 3 is 2.42 bits per heavy atom. The molecule has 0 aliphatic carbocycles. The predicted molar refractivity (Wildman–Crippen MR) is 137 cm³/mol. The van der Waals surface area contributed by atoms with Crippen LogP contribution in [0.1, 0.15) is 12.5 Å². The minimum atomic E-state index is -0.972. The first kappa shape index (κ1) is 24.7. The van der Waals surface area contributed by atoms with Gasteiger partial charge in [0.15, 0.2) is 11.2 Å². The summed E-state index contributed by atoms with van der Waals surface area (Å²) in [6.07, 6.45) is 0.617. The molecule has 0 bridgehead atoms. The maximum atomic E-state index is 13.0. The van der Waals surface area contributed by atoms with E-state index in [-0.39, 0.29) is 30.3 Å². The molecule has 0 fully saturated rings. The van der Waals surface area contributed by atoms with Crippen LogP contribution in [0, 0.1) is 0 Å². The average molecular weight is 493 g/mol. The number of fused-ring (bicyclic) bond motifs is 1. The molecule has 11 heteroatoms. The van der Waals surface area contributed by atoms with Crippen molar-refractivity contribution in [3.63, 3.8) is 0 Å². The van der Waals surface area contributed by atoms with Crippen LogP contribution >= 0.6 is 0 Å². The van der Waals surface area contributed by atoms with E-state index in [0.29, 0.717) is 12.4 Å². The molecule has 4 aromatic rings. The number of hydrazone groups is 1. The quantitative estimate of drug-likeness (QED) is 0.255. The smallest absolute Gasteiger partial charge is 0.332 e. The molecule has 2 aromatic heterocycles. The van der Waals surface area contributed by atoms with Gasteiger partial charge in [-0.1, -0.05) is 18.2 Å². The number of aliphatic hydroxyl groups excluding tert-OH is 1. The molecule has 4 rings (SSSR count). The molecule has 0 saturated carbocycles. The molecule has 0 saturated heterocycles. The van der Waals surface area contributed by atoms with Crippen LogP contribution in [0.3, 0.4) is 0 Å². The molecule has 36 heavy (non-hydrogen) atoms. The van der Waals surface area contributed by atoms with E-state index in [2.05, 4.69) is 15.5 Å². The number of nitrogens with zero attached hydrogens (tertiary/aromatic N) is 5. The zero-order valence-electron chi connectivity index (χ0n) is 20.3. The number of para-hydroxylation sites is 1. The van der Waals surface area contributed by atoms with Crippen molar-refractivity contribution >= 4 is 23.3 Å². The molecule has 2 aromatic carbocycles. The van der Waals surface area contributed by atoms with Gasteiger partial charge in [0, 0.05) is 14.1 Å². The van der Waals surface area contributed by atoms with Gasteiger partial charge in [0.05, 0.1) is 19.4 Å². The lowest BCUT2D eigenvalue weighted by Crippen LogP contribution is -2.38. The summed E-state index contributed by atoms with van der Waals surface area (Å²) in [4.78, 5) is 29.8. The van der Waals surface area contributed by atoms with Crippen molar-refractivity contribution < 1.29 is 14.6 Å². The van der Waals surface area contributed by atoms with Gasteiger partial charge in [-0.05, 0) is 48.9 Å². The maximum Gasteiger partial charge on any atom is 0.332 e. The third-order valence-electron chi connectivity index (χ3n) is 5.50. The third kappa shape index (κ3) is 5.31. The van der Waals surface area contributed by atoms with Gasteiger partial charge in [-0.15, -0.1) is 0 Å². The number of imidazole rings is 1. The van der Waals surface area contributed by atoms with Gasteiger partial charge >= 0.3 is 5.69 Å². The molecule has 0 aliphatic rings. The number of benzene rings is 2. The summed E-state index contributed by atoms with van der Waals surface area (Å²) < 4.78 is 14.9. The largest absolute Gasteiger partial charge is 0.494 e. The van der Waals surface area contributed by atoms with Crippen LogP contribution < -0.4 is 26.1 Å². The number of ether oxygens (including phenoxy) is 2. The minimum absolute atomic E-state index is 0.00927. The van der Waals surface area contributed by atoms with E-state index >= 15 is 0 Å². The number of rotatable bonds is 10. The van der Waals surface area contributed by atoms with Gasteiger partial charge in [-0.2, -0.15) is 10.1 Å². The summed E-state index contributed by atoms with van der Waals surface area (Å²) in [5.74, 6) is 1.57. The van der Waals surface area contributed by atoms with Gasteiger partial charge in [-0.3, -0.25) is 13.9 Å². The van der Waals surface area contributed by atoms with E-state index in [9.17, 15) is 14.7 Å². The predicted octanol–water partition coefficient (Wildman–Crippen LogP) is 1.72. The van der Waals surface area contributed by atoms with Crippen LogP contribution in [-0.4, -0.2) is 49.3 Å². The second-order valence-electron chi connectivity index (χ2n) is 8.07. The molecule has 0 radical (unpaired) electrons. The summed E-state index contributed by atoms with van der Waals surface area (Å²) in [6.45, 7) is 2.47. The van der Waals surface area contributed by atoms with Crippen molar-refractivity contribution in [2.45, 2.75) is 19.6 Å². The first-order valence-electron chi connectivity index (χ1n) is 11.4. The molecule has 1 atom stereocenters. The number of aryl methyl sites for hydroxylation is 1. The lowest BCUT2D eigenvalue weighted by atomic mass is 10.2. The standard InChI is InChI=1S/C25H28N6O5/c1-4-35-20-12-10-17(11-13-20)14-26-28-24-27-22-21(23(33)30(3)25(34)29(22)2)31(24)15-18(32)16-36-19-8-6-5-7-9-19/h5-14,18,32H,4,15-16H2,1-3H3,(H,27,28). The molecule has 2 heterocycles. The van der Waals surface area contributed by atoms with Gasteiger partial charge in [0.25, 0.3) is 5.56 Å². The summed E-state index contributed by atoms with van der Waals surface area (Å²) in [5, 5.41) is 14.9. The molecule has 0 amide bonds. The Bertz CT molecular complexity index is 1470. The Morgan fingerprint density at radius 2 is 1.72 bits per heavy atom. The van der Waals surface area contributed by atoms with Crippen molar-refractivity contribution in [2.24, 2.45) is 19.2 Å². The summed E-state index contributed by atoms with van der Waals surface area (Å²) in [5.41, 5.74) is 2.96. The van der Waals surface area contributed by atoms with Crippen molar-refractivity contribution in [3.05, 3.63) is 81.0 Å². The Hall–Kier alpha value is -4.38. The number of aliphatic hydroxyl groups is 1. The molecule has 2 N–H and O–H groups in total. The fraction of sp³-hybridized carbons (Fsp3) is 0.280. The first-order valence-corrected chi connectivity index (χ1v) is 11.4. The number of aromatic nitrogens is 4. The Balaban J connectivity index is 1.62. The molecule has 188 valence electrons. The Kier molecular flexibility index (Phi) is 7.50. The monoisotopic (exact) mass is 492 g/mol. The molecule has 0 spiro atoms. The third-order valence-corrected chi connectivity index (χ3v) is 5.50. The SMILES string of the molecule is CCOc1ccc(C=NNc2nc3c(c(=O)n(C)c(=O)n3C)n2CC(O)COc2ccccc2)cc1. The molecule has 11 nitrogen and oxygen atoms in total. The van der Waals surface area contributed by atoms with E-state index in [0.717, 1.165) is 15.9 Å². The van der Waals surface area contributed by atoms with Crippen LogP contribution in [0.25, 0.3) is 11.2 Å². The maximum absolute atomic E-state index is 13.0. The van der Waals surface area contributed by atoms with Gasteiger partial charge < -0.3 is 19.1 Å². The number of hydrogen-bond donors (Lipinski definition) is 2. The number of nitrogens with one attached hydrogen (secondary N) is 1. The molecular formula is C25H28N6O5. The Labute approximate surface area is 206 Å². The highest BCUT2D eigenvalue weighted by Crippen LogP contribution is 2.17. The number of hydrogen-bond acceptors (Lipinski definition) is 8. The van der Waals surface area contributed by atoms with Gasteiger partial charge in [-0.25, -0.2) is 10.2 Å². The summed E-state index contributed by atoms with van der Waals surface area (Å²) in [6, 6.07) is 16.5. The first-order chi connectivity index (χ1) is 17.4. The van der Waals surface area contributed by atoms with Crippen LogP contribution in [0.15, 0.2) is 69.3 Å². The highest BCUT2D eigenvalue weighted by molar-refractivity contribution is 5.80. The van der Waals surface area contributed by atoms with Gasteiger partial charge in [0.1, 0.15) is 24.2 Å². The fourth-order valence-corrected chi connectivity index (χ4v) is 3.66. The average Bonchev–Trinajstić information content (AvgIpc) is 3.24. The lowest BCUT2D eigenvalue weighted by Gasteiger charge is -2.15. The van der Waals surface area contributed by atoms with E-state index in [4.69, 9.17) is 9.47 Å². The lowest BCUT2D eigenvalue weighted by molar-refractivity contribution is 0.0938. The van der Waals surface area contributed by atoms with Crippen LogP contribution in [0.5, 0.6) is 11.5 Å². The van der Waals surface area contributed by atoms with E-state index in [1.165, 1.54) is 23.2 Å². The normalized spacial score (nSPS) is 12.2. The van der Waals surface area contributed by atoms with Crippen LogP contribution in [-0.2, 0) is 20.6 Å². The Morgan fingerprint density at radius 1 is 1.03 bits per heavy atom. The molecule has 0 aliphatic heterocycles. The zero-order valence-corrected chi connectivity index (χ0v) is 20.3. The van der Waals surface area contributed by atoms with Crippen molar-refractivity contribution in [1.29, 1.82) is 0 Å².